The van der Waals surface area contributed by atoms with Crippen molar-refractivity contribution in [2.24, 2.45) is 0 Å². The van der Waals surface area contributed by atoms with E-state index in [9.17, 15) is 8.42 Å². The first kappa shape index (κ1) is 13.3. The van der Waals surface area contributed by atoms with E-state index < -0.39 is 10.0 Å². The molecule has 8 heteroatoms. The quantitative estimate of drug-likeness (QED) is 0.836. The molecule has 0 saturated heterocycles. The lowest BCUT2D eigenvalue weighted by molar-refractivity contribution is 0.420. The first-order valence-electron chi connectivity index (χ1n) is 5.74. The molecule has 0 aliphatic rings. The number of sulfonamides is 1. The van der Waals surface area contributed by atoms with Gasteiger partial charge < -0.3 is 9.84 Å². The van der Waals surface area contributed by atoms with Crippen LogP contribution in [0.2, 0.25) is 0 Å². The smallest absolute Gasteiger partial charge is 0.281 e. The van der Waals surface area contributed by atoms with Crippen molar-refractivity contribution in [2.45, 2.75) is 18.4 Å². The standard InChI is InChI=1S/C11H14N4O3S/c1-2-5-12-10-4-3-6-13-11(10)19(16,17)15-9-7-14-18-8-9/h3-4,6-8,12,15H,2,5H2,1H3. The molecule has 0 spiro atoms. The molecular formula is C11H14N4O3S. The second-order valence-electron chi connectivity index (χ2n) is 3.80. The molecule has 2 N–H and O–H groups in total. The average Bonchev–Trinajstić information content (AvgIpc) is 2.88. The van der Waals surface area contributed by atoms with Gasteiger partial charge in [0.1, 0.15) is 12.0 Å². The summed E-state index contributed by atoms with van der Waals surface area (Å²) in [6, 6.07) is 3.35. The fraction of sp³-hybridized carbons (Fsp3) is 0.273. The third-order valence-electron chi connectivity index (χ3n) is 2.28. The Morgan fingerprint density at radius 3 is 2.95 bits per heavy atom. The van der Waals surface area contributed by atoms with Crippen molar-refractivity contribution in [3.8, 4) is 0 Å². The summed E-state index contributed by atoms with van der Waals surface area (Å²) >= 11 is 0. The van der Waals surface area contributed by atoms with Gasteiger partial charge in [0.2, 0.25) is 0 Å². The molecule has 0 aliphatic heterocycles. The monoisotopic (exact) mass is 282 g/mol. The lowest BCUT2D eigenvalue weighted by Crippen LogP contribution is -2.17. The summed E-state index contributed by atoms with van der Waals surface area (Å²) in [5.41, 5.74) is 0.723. The number of aromatic nitrogens is 2. The lowest BCUT2D eigenvalue weighted by atomic mass is 10.4. The zero-order valence-corrected chi connectivity index (χ0v) is 11.1. The van der Waals surface area contributed by atoms with Crippen molar-refractivity contribution in [1.29, 1.82) is 0 Å². The lowest BCUT2D eigenvalue weighted by Gasteiger charge is -2.11. The Hall–Kier alpha value is -2.09. The van der Waals surface area contributed by atoms with Crippen LogP contribution in [0.5, 0.6) is 0 Å². The molecule has 0 saturated carbocycles. The third kappa shape index (κ3) is 3.22. The highest BCUT2D eigenvalue weighted by atomic mass is 32.2. The Labute approximate surface area is 111 Å². The first-order valence-corrected chi connectivity index (χ1v) is 7.23. The second kappa shape index (κ2) is 5.70. The van der Waals surface area contributed by atoms with Gasteiger partial charge in [0.15, 0.2) is 5.03 Å². The number of hydrogen-bond donors (Lipinski definition) is 2. The fourth-order valence-corrected chi connectivity index (χ4v) is 2.60. The molecule has 102 valence electrons. The molecule has 7 nitrogen and oxygen atoms in total. The summed E-state index contributed by atoms with van der Waals surface area (Å²) in [5.74, 6) is 0. The second-order valence-corrected chi connectivity index (χ2v) is 5.40. The van der Waals surface area contributed by atoms with Gasteiger partial charge in [0.25, 0.3) is 10.0 Å². The minimum absolute atomic E-state index is 0.0512. The molecule has 2 aromatic rings. The zero-order valence-electron chi connectivity index (χ0n) is 10.3. The van der Waals surface area contributed by atoms with Crippen molar-refractivity contribution in [3.63, 3.8) is 0 Å². The molecule has 0 aromatic carbocycles. The fourth-order valence-electron chi connectivity index (χ4n) is 1.46. The van der Waals surface area contributed by atoms with Crippen molar-refractivity contribution < 1.29 is 12.9 Å². The van der Waals surface area contributed by atoms with E-state index in [1.807, 2.05) is 6.92 Å². The summed E-state index contributed by atoms with van der Waals surface area (Å²) in [6.07, 6.45) is 4.80. The maximum Gasteiger partial charge on any atom is 0.281 e. The van der Waals surface area contributed by atoms with E-state index in [1.54, 1.807) is 12.1 Å². The first-order chi connectivity index (χ1) is 9.13. The van der Waals surface area contributed by atoms with E-state index in [0.717, 1.165) is 6.42 Å². The average molecular weight is 282 g/mol. The Morgan fingerprint density at radius 2 is 2.26 bits per heavy atom. The zero-order chi connectivity index (χ0) is 13.7. The van der Waals surface area contributed by atoms with E-state index >= 15 is 0 Å². The van der Waals surface area contributed by atoms with E-state index in [1.165, 1.54) is 18.7 Å². The van der Waals surface area contributed by atoms with Crippen molar-refractivity contribution >= 4 is 21.4 Å². The molecule has 0 amide bonds. The maximum absolute atomic E-state index is 12.2. The van der Waals surface area contributed by atoms with Gasteiger partial charge in [0, 0.05) is 12.7 Å². The Morgan fingerprint density at radius 1 is 1.42 bits per heavy atom. The topological polar surface area (TPSA) is 97.1 Å². The van der Waals surface area contributed by atoms with Gasteiger partial charge >= 0.3 is 0 Å². The minimum atomic E-state index is -3.77. The molecule has 0 unspecified atom stereocenters. The van der Waals surface area contributed by atoms with Gasteiger partial charge in [-0.3, -0.25) is 4.72 Å². The van der Waals surface area contributed by atoms with Crippen LogP contribution < -0.4 is 10.0 Å². The minimum Gasteiger partial charge on any atom is -0.383 e. The normalized spacial score (nSPS) is 11.2. The molecule has 2 aromatic heterocycles. The van der Waals surface area contributed by atoms with Crippen LogP contribution in [-0.4, -0.2) is 25.1 Å². The Kier molecular flexibility index (Phi) is 4.00. The number of anilines is 2. The highest BCUT2D eigenvalue weighted by molar-refractivity contribution is 7.92. The van der Waals surface area contributed by atoms with Crippen molar-refractivity contribution in [2.75, 3.05) is 16.6 Å². The summed E-state index contributed by atoms with van der Waals surface area (Å²) in [7, 11) is -3.77. The summed E-state index contributed by atoms with van der Waals surface area (Å²) in [4.78, 5) is 3.92. The van der Waals surface area contributed by atoms with E-state index in [4.69, 9.17) is 0 Å². The molecule has 0 atom stereocenters. The van der Waals surface area contributed by atoms with Gasteiger partial charge in [-0.1, -0.05) is 12.1 Å². The molecule has 0 bridgehead atoms. The molecular weight excluding hydrogens is 268 g/mol. The molecule has 2 heterocycles. The predicted octanol–water partition coefficient (Wildman–Crippen LogP) is 1.69. The maximum atomic E-state index is 12.2. The Balaban J connectivity index is 2.29. The molecule has 0 fully saturated rings. The van der Waals surface area contributed by atoms with E-state index in [-0.39, 0.29) is 10.7 Å². The predicted molar refractivity (Wildman–Crippen MR) is 70.3 cm³/mol. The SMILES string of the molecule is CCCNc1cccnc1S(=O)(=O)Nc1cnoc1. The number of nitrogens with one attached hydrogen (secondary N) is 2. The van der Waals surface area contributed by atoms with Gasteiger partial charge in [-0.2, -0.15) is 8.42 Å². The van der Waals surface area contributed by atoms with E-state index in [2.05, 4.69) is 24.7 Å². The van der Waals surface area contributed by atoms with Crippen LogP contribution in [-0.2, 0) is 10.0 Å². The van der Waals surface area contributed by atoms with Crippen LogP contribution in [0.4, 0.5) is 11.4 Å². The van der Waals surface area contributed by atoms with Crippen LogP contribution >= 0.6 is 0 Å². The highest BCUT2D eigenvalue weighted by Gasteiger charge is 2.20. The van der Waals surface area contributed by atoms with E-state index in [0.29, 0.717) is 12.2 Å². The highest BCUT2D eigenvalue weighted by Crippen LogP contribution is 2.20. The Bertz CT molecular complexity index is 625. The summed E-state index contributed by atoms with van der Waals surface area (Å²) < 4.78 is 31.3. The number of nitrogens with zero attached hydrogens (tertiary/aromatic N) is 2. The summed E-state index contributed by atoms with van der Waals surface area (Å²) in [5, 5.41) is 6.41. The number of hydrogen-bond acceptors (Lipinski definition) is 6. The molecule has 2 rings (SSSR count). The van der Waals surface area contributed by atoms with Gasteiger partial charge in [0.05, 0.1) is 11.9 Å². The molecule has 0 aliphatic carbocycles. The van der Waals surface area contributed by atoms with Crippen LogP contribution in [0.15, 0.2) is 40.3 Å². The van der Waals surface area contributed by atoms with Crippen molar-refractivity contribution in [3.05, 3.63) is 30.8 Å². The van der Waals surface area contributed by atoms with Crippen LogP contribution in [0.3, 0.4) is 0 Å². The van der Waals surface area contributed by atoms with Crippen LogP contribution in [0, 0.1) is 0 Å². The van der Waals surface area contributed by atoms with Gasteiger partial charge in [-0.25, -0.2) is 4.98 Å². The third-order valence-corrected chi connectivity index (χ3v) is 3.61. The van der Waals surface area contributed by atoms with Crippen LogP contribution in [0.25, 0.3) is 0 Å². The largest absolute Gasteiger partial charge is 0.383 e. The molecule has 19 heavy (non-hydrogen) atoms. The summed E-state index contributed by atoms with van der Waals surface area (Å²) in [6.45, 7) is 2.66. The number of rotatable bonds is 6. The van der Waals surface area contributed by atoms with Gasteiger partial charge in [-0.15, -0.1) is 0 Å². The number of pyridine rings is 1. The molecule has 0 radical (unpaired) electrons. The van der Waals surface area contributed by atoms with Gasteiger partial charge in [-0.05, 0) is 18.6 Å². The van der Waals surface area contributed by atoms with Crippen LogP contribution in [0.1, 0.15) is 13.3 Å². The van der Waals surface area contributed by atoms with Crippen molar-refractivity contribution in [1.82, 2.24) is 10.1 Å².